The summed E-state index contributed by atoms with van der Waals surface area (Å²) in [6, 6.07) is 0. The van der Waals surface area contributed by atoms with Crippen LogP contribution in [0.25, 0.3) is 0 Å². The molecule has 0 bridgehead atoms. The van der Waals surface area contributed by atoms with E-state index in [2.05, 4.69) is 27.9 Å². The van der Waals surface area contributed by atoms with Crippen molar-refractivity contribution in [3.05, 3.63) is 12.7 Å². The lowest BCUT2D eigenvalue weighted by Crippen LogP contribution is -1.99. The molecule has 0 radical (unpaired) electrons. The Balaban J connectivity index is 3.66. The lowest BCUT2D eigenvalue weighted by molar-refractivity contribution is -0.211. The Morgan fingerprint density at radius 1 is 1.70 bits per heavy atom. The third-order valence-corrected chi connectivity index (χ3v) is 0.834. The molecule has 5 nitrogen and oxygen atoms in total. The van der Waals surface area contributed by atoms with Crippen LogP contribution >= 0.6 is 6.72 Å². The van der Waals surface area contributed by atoms with Gasteiger partial charge >= 0.3 is 12.7 Å². The number of rotatable bonds is 3. The van der Waals surface area contributed by atoms with Gasteiger partial charge < -0.3 is 9.79 Å². The molecule has 0 aliphatic rings. The third-order valence-electron chi connectivity index (χ3n) is 0.383. The molecule has 0 heterocycles. The van der Waals surface area contributed by atoms with Gasteiger partial charge in [0.2, 0.25) is 0 Å². The van der Waals surface area contributed by atoms with Crippen molar-refractivity contribution in [2.75, 3.05) is 0 Å². The topological polar surface area (TPSA) is 76.0 Å². The highest BCUT2D eigenvalue weighted by Crippen LogP contribution is 2.36. The second kappa shape index (κ2) is 3.80. The van der Waals surface area contributed by atoms with Crippen LogP contribution in [0.1, 0.15) is 0 Å². The highest BCUT2D eigenvalue weighted by Gasteiger charge is 2.11. The summed E-state index contributed by atoms with van der Waals surface area (Å²) in [4.78, 5) is 30.5. The standard InChI is InChI=1S/C3H5O5PS/c1-2-3(4)7-8-9(5,6)10/h2H,1H2,(H2,5,6,10). The molecule has 0 rings (SSSR count). The van der Waals surface area contributed by atoms with Crippen LogP contribution in [0.5, 0.6) is 0 Å². The predicted octanol–water partition coefficient (Wildman–Crippen LogP) is -0.144. The SMILES string of the molecule is C=CC(=O)OOP(O)(O)=S. The van der Waals surface area contributed by atoms with Crippen molar-refractivity contribution in [2.24, 2.45) is 0 Å². The quantitative estimate of drug-likeness (QED) is 0.275. The van der Waals surface area contributed by atoms with Gasteiger partial charge in [-0.1, -0.05) is 11.3 Å². The van der Waals surface area contributed by atoms with Crippen molar-refractivity contribution in [2.45, 2.75) is 0 Å². The molecule has 58 valence electrons. The predicted molar refractivity (Wildman–Crippen MR) is 36.1 cm³/mol. The minimum absolute atomic E-state index is 0.797. The van der Waals surface area contributed by atoms with Gasteiger partial charge in [0.05, 0.1) is 0 Å². The minimum Gasteiger partial charge on any atom is -0.322 e. The van der Waals surface area contributed by atoms with E-state index in [0.29, 0.717) is 0 Å². The molecule has 2 N–H and O–H groups in total. The van der Waals surface area contributed by atoms with Gasteiger partial charge in [0.1, 0.15) is 0 Å². The van der Waals surface area contributed by atoms with Gasteiger partial charge in [0.25, 0.3) is 0 Å². The molecule has 0 fully saturated rings. The normalized spacial score (nSPS) is 10.6. The average Bonchev–Trinajstić information content (AvgIpc) is 1.81. The van der Waals surface area contributed by atoms with Gasteiger partial charge in [-0.2, -0.15) is 0 Å². The summed E-state index contributed by atoms with van der Waals surface area (Å²) >= 11 is 3.94. The van der Waals surface area contributed by atoms with Crippen LogP contribution in [0.15, 0.2) is 12.7 Å². The molecular weight excluding hydrogens is 179 g/mol. The first kappa shape index (κ1) is 9.74. The van der Waals surface area contributed by atoms with E-state index in [4.69, 9.17) is 9.79 Å². The lowest BCUT2D eigenvalue weighted by Gasteiger charge is -2.03. The van der Waals surface area contributed by atoms with Gasteiger partial charge in [-0.3, -0.25) is 4.89 Å². The number of carbonyl (C=O) groups excluding carboxylic acids is 1. The van der Waals surface area contributed by atoms with Crippen molar-refractivity contribution in [3.8, 4) is 0 Å². The van der Waals surface area contributed by atoms with E-state index in [1.54, 1.807) is 0 Å². The first-order valence-electron chi connectivity index (χ1n) is 2.04. The summed E-state index contributed by atoms with van der Waals surface area (Å²) in [7, 11) is 0. The number of carbonyl (C=O) groups is 1. The molecule has 0 aromatic heterocycles. The van der Waals surface area contributed by atoms with Crippen LogP contribution in [0.4, 0.5) is 0 Å². The fourth-order valence-electron chi connectivity index (χ4n) is 0.119. The van der Waals surface area contributed by atoms with E-state index in [1.165, 1.54) is 0 Å². The fourth-order valence-corrected chi connectivity index (χ4v) is 0.381. The van der Waals surface area contributed by atoms with Crippen molar-refractivity contribution in [1.82, 2.24) is 0 Å². The fraction of sp³-hybridized carbons (Fsp3) is 0. The Hall–Kier alpha value is -0.260. The summed E-state index contributed by atoms with van der Waals surface area (Å²) in [6.45, 7) is -0.868. The second-order valence-corrected chi connectivity index (χ2v) is 3.73. The molecule has 0 aliphatic heterocycles. The monoisotopic (exact) mass is 184 g/mol. The maximum Gasteiger partial charge on any atom is 0.365 e. The Labute approximate surface area is 62.1 Å². The first-order chi connectivity index (χ1) is 4.45. The Kier molecular flexibility index (Phi) is 3.70. The molecule has 0 atom stereocenters. The van der Waals surface area contributed by atoms with Crippen LogP contribution in [0, 0.1) is 0 Å². The van der Waals surface area contributed by atoms with Crippen molar-refractivity contribution < 1.29 is 24.1 Å². The molecule has 0 amide bonds. The zero-order valence-corrected chi connectivity index (χ0v) is 6.47. The van der Waals surface area contributed by atoms with E-state index in [9.17, 15) is 4.79 Å². The maximum absolute atomic E-state index is 10.1. The van der Waals surface area contributed by atoms with Crippen LogP contribution in [0.3, 0.4) is 0 Å². The van der Waals surface area contributed by atoms with Gasteiger partial charge in [-0.05, 0) is 11.8 Å². The Bertz CT molecular complexity index is 183. The highest BCUT2D eigenvalue weighted by atomic mass is 32.5. The van der Waals surface area contributed by atoms with Crippen LogP contribution < -0.4 is 0 Å². The maximum atomic E-state index is 10.1. The zero-order chi connectivity index (χ0) is 8.20. The molecule has 0 aliphatic carbocycles. The average molecular weight is 184 g/mol. The Morgan fingerprint density at radius 3 is 2.50 bits per heavy atom. The molecule has 10 heavy (non-hydrogen) atoms. The van der Waals surface area contributed by atoms with Crippen molar-refractivity contribution in [1.29, 1.82) is 0 Å². The van der Waals surface area contributed by atoms with Gasteiger partial charge in [-0.15, -0.1) is 0 Å². The van der Waals surface area contributed by atoms with Gasteiger partial charge in [0.15, 0.2) is 0 Å². The molecule has 0 aromatic carbocycles. The summed E-state index contributed by atoms with van der Waals surface area (Å²) in [5.74, 6) is -0.933. The van der Waals surface area contributed by atoms with Crippen LogP contribution in [-0.2, 0) is 26.2 Å². The summed E-state index contributed by atoms with van der Waals surface area (Å²) in [5, 5.41) is 0. The molecule has 0 unspecified atom stereocenters. The summed E-state index contributed by atoms with van der Waals surface area (Å²) in [5.41, 5.74) is 0. The summed E-state index contributed by atoms with van der Waals surface area (Å²) in [6.07, 6.45) is 0.797. The van der Waals surface area contributed by atoms with Crippen molar-refractivity contribution >= 4 is 24.5 Å². The van der Waals surface area contributed by atoms with Crippen LogP contribution in [-0.4, -0.2) is 15.8 Å². The Morgan fingerprint density at radius 2 is 2.20 bits per heavy atom. The molecule has 7 heteroatoms. The van der Waals surface area contributed by atoms with E-state index in [1.807, 2.05) is 0 Å². The van der Waals surface area contributed by atoms with E-state index < -0.39 is 12.7 Å². The van der Waals surface area contributed by atoms with Crippen molar-refractivity contribution in [3.63, 3.8) is 0 Å². The highest BCUT2D eigenvalue weighted by molar-refractivity contribution is 8.06. The lowest BCUT2D eigenvalue weighted by atomic mass is 10.7. The molecule has 0 aromatic rings. The third kappa shape index (κ3) is 5.87. The second-order valence-electron chi connectivity index (χ2n) is 1.17. The molecular formula is C3H5O5PS. The minimum atomic E-state index is -3.89. The molecule has 0 saturated carbocycles. The van der Waals surface area contributed by atoms with E-state index in [0.717, 1.165) is 6.08 Å². The van der Waals surface area contributed by atoms with E-state index >= 15 is 0 Å². The van der Waals surface area contributed by atoms with Crippen LogP contribution in [0.2, 0.25) is 0 Å². The largest absolute Gasteiger partial charge is 0.365 e. The smallest absolute Gasteiger partial charge is 0.322 e. The number of hydrogen-bond acceptors (Lipinski definition) is 4. The van der Waals surface area contributed by atoms with E-state index in [-0.39, 0.29) is 0 Å². The first-order valence-corrected chi connectivity index (χ1v) is 4.66. The zero-order valence-electron chi connectivity index (χ0n) is 4.76. The molecule has 0 saturated heterocycles. The van der Waals surface area contributed by atoms with Gasteiger partial charge in [-0.25, -0.2) is 4.79 Å². The van der Waals surface area contributed by atoms with Gasteiger partial charge in [0, 0.05) is 6.08 Å². The molecule has 0 spiro atoms. The number of hydrogen-bond donors (Lipinski definition) is 2. The summed E-state index contributed by atoms with van der Waals surface area (Å²) < 4.78 is 3.70.